The van der Waals surface area contributed by atoms with Crippen LogP contribution >= 0.6 is 15.9 Å². The molecule has 0 bridgehead atoms. The summed E-state index contributed by atoms with van der Waals surface area (Å²) in [5.41, 5.74) is -0.391. The molecule has 0 aliphatic carbocycles. The molecule has 2 nitrogen and oxygen atoms in total. The minimum Gasteiger partial charge on any atom is -0.491 e. The normalized spacial score (nSPS) is 10.6. The number of hydrogen-bond donors (Lipinski definition) is 0. The Balaban J connectivity index is 3.27. The van der Waals surface area contributed by atoms with E-state index in [0.29, 0.717) is 0 Å². The Bertz CT molecular complexity index is 319. The third kappa shape index (κ3) is 1.93. The second-order valence-electron chi connectivity index (χ2n) is 2.15. The summed E-state index contributed by atoms with van der Waals surface area (Å²) in [7, 11) is 1.18. The molecule has 1 rings (SSSR count). The molecule has 0 unspecified atom stereocenters. The van der Waals surface area contributed by atoms with Crippen LogP contribution in [-0.4, -0.2) is 12.1 Å². The van der Waals surface area contributed by atoms with Crippen LogP contribution in [0.2, 0.25) is 0 Å². The van der Waals surface area contributed by atoms with E-state index < -0.39 is 17.9 Å². The molecule has 0 aliphatic rings. The van der Waals surface area contributed by atoms with Crippen LogP contribution in [0, 0.1) is 5.95 Å². The molecule has 0 radical (unpaired) electrons. The summed E-state index contributed by atoms with van der Waals surface area (Å²) >= 11 is 2.81. The number of methoxy groups -OCH3 is 1. The Kier molecular flexibility index (Phi) is 3.13. The summed E-state index contributed by atoms with van der Waals surface area (Å²) in [6, 6.07) is 0. The van der Waals surface area contributed by atoms with Crippen LogP contribution in [0.4, 0.5) is 13.2 Å². The van der Waals surface area contributed by atoms with Gasteiger partial charge in [0.25, 0.3) is 12.4 Å². The van der Waals surface area contributed by atoms with E-state index in [9.17, 15) is 13.2 Å². The van der Waals surface area contributed by atoms with Crippen LogP contribution in [0.1, 0.15) is 12.0 Å². The van der Waals surface area contributed by atoms with Gasteiger partial charge in [0.1, 0.15) is 0 Å². The number of hydrogen-bond acceptors (Lipinski definition) is 2. The van der Waals surface area contributed by atoms with Crippen molar-refractivity contribution in [2.45, 2.75) is 6.43 Å². The number of aromatic nitrogens is 1. The Morgan fingerprint density at radius 3 is 2.62 bits per heavy atom. The highest BCUT2D eigenvalue weighted by atomic mass is 79.9. The Morgan fingerprint density at radius 2 is 2.15 bits per heavy atom. The van der Waals surface area contributed by atoms with Gasteiger partial charge in [-0.15, -0.1) is 0 Å². The van der Waals surface area contributed by atoms with Gasteiger partial charge in [-0.3, -0.25) is 0 Å². The lowest BCUT2D eigenvalue weighted by Crippen LogP contribution is -1.97. The van der Waals surface area contributed by atoms with Crippen LogP contribution < -0.4 is 4.74 Å². The molecule has 6 heteroatoms. The zero-order valence-corrected chi connectivity index (χ0v) is 8.11. The third-order valence-electron chi connectivity index (χ3n) is 1.40. The van der Waals surface area contributed by atoms with Gasteiger partial charge in [0.05, 0.1) is 17.1 Å². The summed E-state index contributed by atoms with van der Waals surface area (Å²) in [4.78, 5) is 3.13. The summed E-state index contributed by atoms with van der Waals surface area (Å²) < 4.78 is 41.7. The van der Waals surface area contributed by atoms with Crippen molar-refractivity contribution in [1.29, 1.82) is 0 Å². The summed E-state index contributed by atoms with van der Waals surface area (Å²) in [5.74, 6) is -1.23. The number of alkyl halides is 2. The zero-order valence-electron chi connectivity index (χ0n) is 6.52. The number of rotatable bonds is 2. The minimum absolute atomic E-state index is 0.0995. The van der Waals surface area contributed by atoms with E-state index >= 15 is 0 Å². The quantitative estimate of drug-likeness (QED) is 0.759. The van der Waals surface area contributed by atoms with Gasteiger partial charge in [-0.05, 0) is 15.9 Å². The second-order valence-corrected chi connectivity index (χ2v) is 2.95. The molecular weight excluding hydrogens is 251 g/mol. The maximum atomic E-state index is 12.8. The van der Waals surface area contributed by atoms with Crippen LogP contribution in [0.5, 0.6) is 5.75 Å². The molecule has 0 saturated heterocycles. The summed E-state index contributed by atoms with van der Waals surface area (Å²) in [5, 5.41) is 0. The predicted molar refractivity (Wildman–Crippen MR) is 43.4 cm³/mol. The molecule has 0 amide bonds. The van der Waals surface area contributed by atoms with E-state index in [-0.39, 0.29) is 10.2 Å². The fourth-order valence-corrected chi connectivity index (χ4v) is 1.39. The van der Waals surface area contributed by atoms with Crippen molar-refractivity contribution in [2.24, 2.45) is 0 Å². The van der Waals surface area contributed by atoms with E-state index in [2.05, 4.69) is 25.7 Å². The van der Waals surface area contributed by atoms with Crippen molar-refractivity contribution < 1.29 is 17.9 Å². The SMILES string of the molecule is COc1c(F)ncc(C(F)F)c1Br. The van der Waals surface area contributed by atoms with Gasteiger partial charge in [0, 0.05) is 6.20 Å². The van der Waals surface area contributed by atoms with Gasteiger partial charge in [-0.2, -0.15) is 4.39 Å². The first-order chi connectivity index (χ1) is 6.07. The van der Waals surface area contributed by atoms with Crippen molar-refractivity contribution in [2.75, 3.05) is 7.11 Å². The van der Waals surface area contributed by atoms with Crippen LogP contribution in [0.3, 0.4) is 0 Å². The summed E-state index contributed by atoms with van der Waals surface area (Å²) in [6.45, 7) is 0. The van der Waals surface area contributed by atoms with Crippen molar-refractivity contribution in [1.82, 2.24) is 4.98 Å². The molecule has 1 heterocycles. The van der Waals surface area contributed by atoms with E-state index in [1.54, 1.807) is 0 Å². The first kappa shape index (κ1) is 10.3. The van der Waals surface area contributed by atoms with Crippen molar-refractivity contribution >= 4 is 15.9 Å². The lowest BCUT2D eigenvalue weighted by atomic mass is 10.3. The molecule has 0 aliphatic heterocycles. The highest BCUT2D eigenvalue weighted by molar-refractivity contribution is 9.10. The van der Waals surface area contributed by atoms with Crippen LogP contribution in [0.15, 0.2) is 10.7 Å². The monoisotopic (exact) mass is 255 g/mol. The first-order valence-corrected chi connectivity index (χ1v) is 4.03. The van der Waals surface area contributed by atoms with Gasteiger partial charge >= 0.3 is 0 Å². The predicted octanol–water partition coefficient (Wildman–Crippen LogP) is 2.93. The smallest absolute Gasteiger partial charge is 0.266 e. The van der Waals surface area contributed by atoms with Gasteiger partial charge in [-0.1, -0.05) is 0 Å². The lowest BCUT2D eigenvalue weighted by molar-refractivity contribution is 0.149. The van der Waals surface area contributed by atoms with Crippen LogP contribution in [0.25, 0.3) is 0 Å². The van der Waals surface area contributed by atoms with E-state index in [1.807, 2.05) is 0 Å². The number of halogens is 4. The molecule has 0 fully saturated rings. The van der Waals surface area contributed by atoms with Gasteiger partial charge in [0.15, 0.2) is 5.75 Å². The average molecular weight is 256 g/mol. The van der Waals surface area contributed by atoms with Crippen molar-refractivity contribution in [3.63, 3.8) is 0 Å². The maximum absolute atomic E-state index is 12.8. The van der Waals surface area contributed by atoms with Gasteiger partial charge in [0.2, 0.25) is 0 Å². The standard InChI is InChI=1S/C7H5BrF3NO/c1-13-5-4(8)3(6(9)10)2-12-7(5)11/h2,6H,1H3. The number of ether oxygens (including phenoxy) is 1. The Morgan fingerprint density at radius 1 is 1.54 bits per heavy atom. The molecule has 72 valence electrons. The topological polar surface area (TPSA) is 22.1 Å². The molecule has 0 aromatic carbocycles. The second kappa shape index (κ2) is 3.95. The third-order valence-corrected chi connectivity index (χ3v) is 2.21. The molecule has 1 aromatic heterocycles. The molecule has 1 aromatic rings. The van der Waals surface area contributed by atoms with E-state index in [1.165, 1.54) is 7.11 Å². The minimum atomic E-state index is -2.71. The average Bonchev–Trinajstić information content (AvgIpc) is 2.04. The lowest BCUT2D eigenvalue weighted by Gasteiger charge is -2.07. The van der Waals surface area contributed by atoms with Crippen LogP contribution in [-0.2, 0) is 0 Å². The molecular formula is C7H5BrF3NO. The molecule has 13 heavy (non-hydrogen) atoms. The number of pyridine rings is 1. The summed E-state index contributed by atoms with van der Waals surface area (Å²) in [6.07, 6.45) is -1.94. The van der Waals surface area contributed by atoms with Crippen molar-refractivity contribution in [3.05, 3.63) is 22.2 Å². The highest BCUT2D eigenvalue weighted by Gasteiger charge is 2.19. The molecule has 0 atom stereocenters. The molecule has 0 spiro atoms. The van der Waals surface area contributed by atoms with Gasteiger partial charge in [-0.25, -0.2) is 13.8 Å². The Hall–Kier alpha value is -0.780. The largest absolute Gasteiger partial charge is 0.491 e. The van der Waals surface area contributed by atoms with E-state index in [0.717, 1.165) is 6.20 Å². The Labute approximate surface area is 80.9 Å². The fraction of sp³-hybridized carbons (Fsp3) is 0.286. The van der Waals surface area contributed by atoms with E-state index in [4.69, 9.17) is 0 Å². The van der Waals surface area contributed by atoms with Gasteiger partial charge < -0.3 is 4.74 Å². The van der Waals surface area contributed by atoms with Crippen molar-refractivity contribution in [3.8, 4) is 5.75 Å². The number of nitrogens with zero attached hydrogens (tertiary/aromatic N) is 1. The zero-order chi connectivity index (χ0) is 10.0. The molecule has 0 saturated carbocycles. The molecule has 0 N–H and O–H groups in total. The highest BCUT2D eigenvalue weighted by Crippen LogP contribution is 2.34. The maximum Gasteiger partial charge on any atom is 0.266 e. The first-order valence-electron chi connectivity index (χ1n) is 3.24. The fourth-order valence-electron chi connectivity index (χ4n) is 0.789.